The summed E-state index contributed by atoms with van der Waals surface area (Å²) in [5, 5.41) is 3.61. The molecule has 2 aromatic rings. The number of carbonyl (C=O) groups is 2. The van der Waals surface area contributed by atoms with E-state index in [0.717, 1.165) is 18.4 Å². The van der Waals surface area contributed by atoms with E-state index in [1.54, 1.807) is 43.4 Å². The zero-order valence-corrected chi connectivity index (χ0v) is 18.9. The maximum atomic E-state index is 13.1. The zero-order valence-electron chi connectivity index (χ0n) is 18.2. The molecule has 7 heteroatoms. The van der Waals surface area contributed by atoms with Gasteiger partial charge in [-0.15, -0.1) is 0 Å². The molecule has 6 nitrogen and oxygen atoms in total. The van der Waals surface area contributed by atoms with Gasteiger partial charge in [-0.1, -0.05) is 31.0 Å². The highest BCUT2D eigenvalue weighted by molar-refractivity contribution is 6.30. The summed E-state index contributed by atoms with van der Waals surface area (Å²) in [6, 6.07) is 12.4. The molecular formula is C24H29ClN2O4. The number of benzene rings is 2. The van der Waals surface area contributed by atoms with Gasteiger partial charge in [-0.2, -0.15) is 0 Å². The molecule has 2 atom stereocenters. The first-order valence-corrected chi connectivity index (χ1v) is 10.9. The number of methoxy groups -OCH3 is 2. The summed E-state index contributed by atoms with van der Waals surface area (Å²) in [7, 11) is 3.20. The average Bonchev–Trinajstić information content (AvgIpc) is 3.24. The number of hydrogen-bond donors (Lipinski definition) is 1. The normalized spacial score (nSPS) is 18.0. The van der Waals surface area contributed by atoms with Gasteiger partial charge in [0.2, 0.25) is 5.91 Å². The third kappa shape index (κ3) is 5.31. The van der Waals surface area contributed by atoms with Crippen LogP contribution in [0.2, 0.25) is 5.02 Å². The molecule has 0 bridgehead atoms. The Hall–Kier alpha value is -2.73. The summed E-state index contributed by atoms with van der Waals surface area (Å²) in [6.45, 7) is 3.48. The van der Waals surface area contributed by atoms with Gasteiger partial charge in [0.1, 0.15) is 11.5 Å². The molecule has 0 radical (unpaired) electrons. The Balaban J connectivity index is 1.89. The lowest BCUT2D eigenvalue weighted by molar-refractivity contribution is -0.124. The lowest BCUT2D eigenvalue weighted by atomic mass is 9.87. The average molecular weight is 445 g/mol. The quantitative estimate of drug-likeness (QED) is 0.621. The van der Waals surface area contributed by atoms with Gasteiger partial charge in [0.15, 0.2) is 0 Å². The Kier molecular flexibility index (Phi) is 7.80. The van der Waals surface area contributed by atoms with E-state index in [4.69, 9.17) is 21.1 Å². The number of rotatable bonds is 8. The first-order chi connectivity index (χ1) is 15.0. The first-order valence-electron chi connectivity index (χ1n) is 10.5. The van der Waals surface area contributed by atoms with Gasteiger partial charge in [0, 0.05) is 47.8 Å². The van der Waals surface area contributed by atoms with E-state index in [-0.39, 0.29) is 23.7 Å². The number of amides is 2. The van der Waals surface area contributed by atoms with Crippen molar-refractivity contribution in [1.82, 2.24) is 10.2 Å². The molecule has 2 amide bonds. The van der Waals surface area contributed by atoms with Crippen LogP contribution in [0, 0.1) is 5.92 Å². The highest BCUT2D eigenvalue weighted by atomic mass is 35.5. The molecule has 1 aliphatic rings. The maximum Gasteiger partial charge on any atom is 0.253 e. The smallest absolute Gasteiger partial charge is 0.253 e. The second kappa shape index (κ2) is 10.5. The molecule has 1 aliphatic heterocycles. The summed E-state index contributed by atoms with van der Waals surface area (Å²) in [6.07, 6.45) is 1.92. The van der Waals surface area contributed by atoms with Gasteiger partial charge in [-0.3, -0.25) is 9.59 Å². The van der Waals surface area contributed by atoms with Crippen molar-refractivity contribution in [2.24, 2.45) is 5.92 Å². The summed E-state index contributed by atoms with van der Waals surface area (Å²) in [5.74, 6) is 0.628. The summed E-state index contributed by atoms with van der Waals surface area (Å²) in [5.41, 5.74) is 1.45. The van der Waals surface area contributed by atoms with Crippen molar-refractivity contribution >= 4 is 23.4 Å². The van der Waals surface area contributed by atoms with Gasteiger partial charge < -0.3 is 19.7 Å². The summed E-state index contributed by atoms with van der Waals surface area (Å²) in [4.78, 5) is 27.9. The topological polar surface area (TPSA) is 67.9 Å². The Morgan fingerprint density at radius 1 is 1.10 bits per heavy atom. The predicted molar refractivity (Wildman–Crippen MR) is 121 cm³/mol. The Morgan fingerprint density at radius 2 is 1.84 bits per heavy atom. The molecule has 3 rings (SSSR count). The number of likely N-dealkylation sites (tertiary alicyclic amines) is 1. The van der Waals surface area contributed by atoms with E-state index in [2.05, 4.69) is 12.2 Å². The number of ether oxygens (including phenoxy) is 2. The van der Waals surface area contributed by atoms with E-state index in [1.807, 2.05) is 18.2 Å². The van der Waals surface area contributed by atoms with E-state index in [1.165, 1.54) is 0 Å². The van der Waals surface area contributed by atoms with Crippen molar-refractivity contribution in [3.8, 4) is 11.5 Å². The number of halogens is 1. The van der Waals surface area contributed by atoms with Crippen LogP contribution in [0.3, 0.4) is 0 Å². The molecular weight excluding hydrogens is 416 g/mol. The number of unbranched alkanes of at least 4 members (excludes halogenated alkanes) is 1. The summed E-state index contributed by atoms with van der Waals surface area (Å²) < 4.78 is 10.9. The molecule has 1 saturated heterocycles. The minimum atomic E-state index is -0.365. The van der Waals surface area contributed by atoms with Crippen LogP contribution in [0.15, 0.2) is 42.5 Å². The van der Waals surface area contributed by atoms with E-state index < -0.39 is 0 Å². The van der Waals surface area contributed by atoms with Crippen LogP contribution < -0.4 is 14.8 Å². The van der Waals surface area contributed by atoms with Crippen LogP contribution in [-0.2, 0) is 4.79 Å². The van der Waals surface area contributed by atoms with Crippen LogP contribution in [0.1, 0.15) is 41.6 Å². The van der Waals surface area contributed by atoms with Gasteiger partial charge in [-0.25, -0.2) is 0 Å². The van der Waals surface area contributed by atoms with E-state index in [0.29, 0.717) is 41.7 Å². The van der Waals surface area contributed by atoms with Crippen LogP contribution in [0.5, 0.6) is 11.5 Å². The minimum Gasteiger partial charge on any atom is -0.497 e. The molecule has 2 aromatic carbocycles. The predicted octanol–water partition coefficient (Wildman–Crippen LogP) is 4.13. The standard InChI is InChI=1S/C24H29ClN2O4/c1-4-5-12-26-23(28)21-15-27(24(29)16-6-8-17(25)9-7-16)14-20(21)19-11-10-18(30-2)13-22(19)31-3/h6-11,13,20-21H,4-5,12,14-15H2,1-3H3,(H,26,28)/t20-,21+/m0/s1. The molecule has 1 heterocycles. The number of nitrogens with zero attached hydrogens (tertiary/aromatic N) is 1. The van der Waals surface area contributed by atoms with Crippen molar-refractivity contribution in [1.29, 1.82) is 0 Å². The number of nitrogens with one attached hydrogen (secondary N) is 1. The first kappa shape index (κ1) is 22.9. The van der Waals surface area contributed by atoms with Gasteiger partial charge in [0.05, 0.1) is 20.1 Å². The van der Waals surface area contributed by atoms with Crippen molar-refractivity contribution < 1.29 is 19.1 Å². The van der Waals surface area contributed by atoms with Gasteiger partial charge >= 0.3 is 0 Å². The number of carbonyl (C=O) groups excluding carboxylic acids is 2. The van der Waals surface area contributed by atoms with Crippen LogP contribution in [0.4, 0.5) is 0 Å². The highest BCUT2D eigenvalue weighted by Crippen LogP contribution is 2.39. The summed E-state index contributed by atoms with van der Waals surface area (Å²) >= 11 is 5.96. The third-order valence-corrected chi connectivity index (χ3v) is 5.96. The zero-order chi connectivity index (χ0) is 22.4. The molecule has 31 heavy (non-hydrogen) atoms. The fourth-order valence-electron chi connectivity index (χ4n) is 3.97. The lowest BCUT2D eigenvalue weighted by Crippen LogP contribution is -2.36. The lowest BCUT2D eigenvalue weighted by Gasteiger charge is -2.21. The largest absolute Gasteiger partial charge is 0.497 e. The Bertz CT molecular complexity index is 916. The second-order valence-corrected chi connectivity index (χ2v) is 8.12. The molecule has 0 spiro atoms. The molecule has 0 aromatic heterocycles. The Labute approximate surface area is 188 Å². The van der Waals surface area contributed by atoms with E-state index >= 15 is 0 Å². The maximum absolute atomic E-state index is 13.1. The van der Waals surface area contributed by atoms with Crippen molar-refractivity contribution in [3.05, 3.63) is 58.6 Å². The van der Waals surface area contributed by atoms with Crippen molar-refractivity contribution in [3.63, 3.8) is 0 Å². The highest BCUT2D eigenvalue weighted by Gasteiger charge is 2.41. The van der Waals surface area contributed by atoms with Crippen LogP contribution >= 0.6 is 11.6 Å². The van der Waals surface area contributed by atoms with Gasteiger partial charge in [0.25, 0.3) is 5.91 Å². The minimum absolute atomic E-state index is 0.0391. The number of hydrogen-bond acceptors (Lipinski definition) is 4. The molecule has 0 aliphatic carbocycles. The van der Waals surface area contributed by atoms with Crippen LogP contribution in [-0.4, -0.2) is 50.6 Å². The molecule has 1 N–H and O–H groups in total. The van der Waals surface area contributed by atoms with Gasteiger partial charge in [-0.05, 0) is 36.8 Å². The third-order valence-electron chi connectivity index (χ3n) is 5.70. The SMILES string of the molecule is CCCCNC(=O)[C@@H]1CN(C(=O)c2ccc(Cl)cc2)C[C@H]1c1ccc(OC)cc1OC. The fraction of sp³-hybridized carbons (Fsp3) is 0.417. The second-order valence-electron chi connectivity index (χ2n) is 7.68. The monoisotopic (exact) mass is 444 g/mol. The van der Waals surface area contributed by atoms with Crippen molar-refractivity contribution in [2.75, 3.05) is 33.9 Å². The molecule has 0 unspecified atom stereocenters. The molecule has 166 valence electrons. The molecule has 0 saturated carbocycles. The Morgan fingerprint density at radius 3 is 2.48 bits per heavy atom. The van der Waals surface area contributed by atoms with E-state index in [9.17, 15) is 9.59 Å². The van der Waals surface area contributed by atoms with Crippen LogP contribution in [0.25, 0.3) is 0 Å². The fourth-order valence-corrected chi connectivity index (χ4v) is 4.10. The molecule has 1 fully saturated rings. The van der Waals surface area contributed by atoms with Crippen molar-refractivity contribution in [2.45, 2.75) is 25.7 Å².